The van der Waals surface area contributed by atoms with Gasteiger partial charge in [-0.3, -0.25) is 4.52 Å². The van der Waals surface area contributed by atoms with E-state index in [1.165, 1.54) is 0 Å². The van der Waals surface area contributed by atoms with E-state index in [0.717, 1.165) is 0 Å². The fourth-order valence-corrected chi connectivity index (χ4v) is 1.29. The summed E-state index contributed by atoms with van der Waals surface area (Å²) in [5.74, 6) is -1.42. The molecule has 3 atom stereocenters. The summed E-state index contributed by atoms with van der Waals surface area (Å²) in [6.07, 6.45) is -5.38. The van der Waals surface area contributed by atoms with E-state index in [-0.39, 0.29) is 0 Å². The van der Waals surface area contributed by atoms with Crippen molar-refractivity contribution in [3.05, 3.63) is 11.5 Å². The average Bonchev–Trinajstić information content (AvgIpc) is 2.17. The Morgan fingerprint density at radius 3 is 2.38 bits per heavy atom. The van der Waals surface area contributed by atoms with Gasteiger partial charge in [0.2, 0.25) is 6.29 Å². The summed E-state index contributed by atoms with van der Waals surface area (Å²) in [5.41, 5.74) is 0. The Kier molecular flexibility index (Phi) is 3.92. The fraction of sp³-hybridized carbons (Fsp3) is 0.667. The van der Waals surface area contributed by atoms with Gasteiger partial charge in [-0.05, 0) is 0 Å². The summed E-state index contributed by atoms with van der Waals surface area (Å²) < 4.78 is 18.8. The first-order valence-electron chi connectivity index (χ1n) is 4.05. The third kappa shape index (κ3) is 3.16. The van der Waals surface area contributed by atoms with Crippen molar-refractivity contribution in [3.63, 3.8) is 0 Å². The van der Waals surface area contributed by atoms with Gasteiger partial charge in [-0.25, -0.2) is 4.57 Å². The zero-order chi connectivity index (χ0) is 12.5. The number of ether oxygens (including phenoxy) is 1. The SMILES string of the molecule is O=P(O)(O)OCC1=C(O)[C@H](O)[C@@H](O)[C@H](O)O1. The van der Waals surface area contributed by atoms with E-state index in [2.05, 4.69) is 9.26 Å². The van der Waals surface area contributed by atoms with Gasteiger partial charge in [0.05, 0.1) is 0 Å². The molecule has 0 unspecified atom stereocenters. The van der Waals surface area contributed by atoms with Gasteiger partial charge in [-0.1, -0.05) is 0 Å². The lowest BCUT2D eigenvalue weighted by Crippen LogP contribution is -2.44. The van der Waals surface area contributed by atoms with Crippen LogP contribution in [0.2, 0.25) is 0 Å². The van der Waals surface area contributed by atoms with Gasteiger partial charge in [-0.2, -0.15) is 0 Å². The van der Waals surface area contributed by atoms with Crippen molar-refractivity contribution >= 4 is 7.82 Å². The van der Waals surface area contributed by atoms with Gasteiger partial charge in [0.15, 0.2) is 11.5 Å². The molecule has 94 valence electrons. The molecule has 1 aliphatic rings. The van der Waals surface area contributed by atoms with Gasteiger partial charge in [0, 0.05) is 0 Å². The van der Waals surface area contributed by atoms with Crippen LogP contribution in [0.4, 0.5) is 0 Å². The van der Waals surface area contributed by atoms with Crippen LogP contribution in [-0.4, -0.2) is 55.3 Å². The topological polar surface area (TPSA) is 157 Å². The van der Waals surface area contributed by atoms with E-state index in [9.17, 15) is 9.67 Å². The van der Waals surface area contributed by atoms with E-state index in [1.54, 1.807) is 0 Å². The summed E-state index contributed by atoms with van der Waals surface area (Å²) in [6.45, 7) is -0.850. The van der Waals surface area contributed by atoms with Crippen molar-refractivity contribution in [1.82, 2.24) is 0 Å². The molecule has 6 N–H and O–H groups in total. The fourth-order valence-electron chi connectivity index (χ4n) is 1.01. The van der Waals surface area contributed by atoms with E-state index >= 15 is 0 Å². The first-order chi connectivity index (χ1) is 7.22. The van der Waals surface area contributed by atoms with Crippen LogP contribution in [0.5, 0.6) is 0 Å². The van der Waals surface area contributed by atoms with Gasteiger partial charge in [-0.15, -0.1) is 0 Å². The minimum absolute atomic E-state index is 0.561. The van der Waals surface area contributed by atoms with Crippen LogP contribution in [0.15, 0.2) is 11.5 Å². The zero-order valence-electron chi connectivity index (χ0n) is 7.79. The summed E-state index contributed by atoms with van der Waals surface area (Å²) in [4.78, 5) is 16.7. The smallest absolute Gasteiger partial charge is 0.470 e. The molecule has 1 aliphatic heterocycles. The molecule has 9 nitrogen and oxygen atoms in total. The summed E-state index contributed by atoms with van der Waals surface area (Å²) >= 11 is 0. The van der Waals surface area contributed by atoms with Crippen LogP contribution in [0.1, 0.15) is 0 Å². The van der Waals surface area contributed by atoms with Gasteiger partial charge >= 0.3 is 7.82 Å². The predicted octanol–water partition coefficient (Wildman–Crippen LogP) is -2.06. The Balaban J connectivity index is 2.75. The molecule has 10 heteroatoms. The highest BCUT2D eigenvalue weighted by Gasteiger charge is 2.37. The highest BCUT2D eigenvalue weighted by Crippen LogP contribution is 2.37. The molecule has 1 rings (SSSR count). The Labute approximate surface area is 89.4 Å². The first kappa shape index (κ1) is 13.4. The normalized spacial score (nSPS) is 31.4. The molecule has 0 aromatic rings. The second-order valence-electron chi connectivity index (χ2n) is 3.02. The average molecular weight is 258 g/mol. The van der Waals surface area contributed by atoms with E-state index in [0.29, 0.717) is 0 Å². The van der Waals surface area contributed by atoms with Crippen LogP contribution < -0.4 is 0 Å². The number of hydrogen-bond acceptors (Lipinski definition) is 7. The number of aliphatic hydroxyl groups is 4. The monoisotopic (exact) mass is 258 g/mol. The van der Waals surface area contributed by atoms with Crippen LogP contribution in [0, 0.1) is 0 Å². The number of aliphatic hydroxyl groups excluding tert-OH is 4. The summed E-state index contributed by atoms with van der Waals surface area (Å²) in [7, 11) is -4.76. The maximum atomic E-state index is 10.3. The molecule has 0 aromatic heterocycles. The number of hydrogen-bond donors (Lipinski definition) is 6. The molecule has 1 heterocycles. The minimum atomic E-state index is -4.76. The van der Waals surface area contributed by atoms with Crippen LogP contribution in [-0.2, 0) is 13.8 Å². The second-order valence-corrected chi connectivity index (χ2v) is 4.26. The number of phosphoric acid groups is 1. The Morgan fingerprint density at radius 2 is 1.88 bits per heavy atom. The molecule has 0 amide bonds. The molecule has 0 aliphatic carbocycles. The van der Waals surface area contributed by atoms with Crippen molar-refractivity contribution in [2.75, 3.05) is 6.61 Å². The van der Waals surface area contributed by atoms with E-state index in [1.807, 2.05) is 0 Å². The van der Waals surface area contributed by atoms with Gasteiger partial charge in [0.25, 0.3) is 0 Å². The largest absolute Gasteiger partial charge is 0.506 e. The molecular weight excluding hydrogens is 247 g/mol. The molecule has 16 heavy (non-hydrogen) atoms. The first-order valence-corrected chi connectivity index (χ1v) is 5.58. The summed E-state index contributed by atoms with van der Waals surface area (Å²) in [5, 5.41) is 36.5. The van der Waals surface area contributed by atoms with Gasteiger partial charge in [0.1, 0.15) is 18.8 Å². The van der Waals surface area contributed by atoms with Crippen molar-refractivity contribution < 1.29 is 44.0 Å². The molecule has 0 saturated heterocycles. The van der Waals surface area contributed by atoms with Crippen molar-refractivity contribution in [2.45, 2.75) is 18.5 Å². The standard InChI is InChI=1S/C6H11O9P/c7-3-2(1-14-16(11,12)13)15-6(10)5(9)4(3)8/h4-10H,1H2,(H2,11,12,13)/t4-,5+,6+/m0/s1. The highest BCUT2D eigenvalue weighted by molar-refractivity contribution is 7.46. The maximum Gasteiger partial charge on any atom is 0.470 e. The highest BCUT2D eigenvalue weighted by atomic mass is 31.2. The van der Waals surface area contributed by atoms with Crippen LogP contribution in [0.25, 0.3) is 0 Å². The molecule has 0 radical (unpaired) electrons. The van der Waals surface area contributed by atoms with Crippen molar-refractivity contribution in [2.24, 2.45) is 0 Å². The second kappa shape index (κ2) is 4.68. The molecule has 0 spiro atoms. The third-order valence-corrected chi connectivity index (χ3v) is 2.27. The minimum Gasteiger partial charge on any atom is -0.506 e. The Hall–Kier alpha value is -0.670. The van der Waals surface area contributed by atoms with Crippen molar-refractivity contribution in [1.29, 1.82) is 0 Å². The quantitative estimate of drug-likeness (QED) is 0.313. The van der Waals surface area contributed by atoms with Crippen molar-refractivity contribution in [3.8, 4) is 0 Å². The lowest BCUT2D eigenvalue weighted by atomic mass is 10.1. The molecule has 0 bridgehead atoms. The number of phosphoric ester groups is 1. The predicted molar refractivity (Wildman–Crippen MR) is 46.8 cm³/mol. The Bertz CT molecular complexity index is 333. The third-order valence-electron chi connectivity index (χ3n) is 1.81. The van der Waals surface area contributed by atoms with Crippen LogP contribution >= 0.6 is 7.82 Å². The molecular formula is C6H11O9P. The lowest BCUT2D eigenvalue weighted by molar-refractivity contribution is -0.190. The van der Waals surface area contributed by atoms with Gasteiger partial charge < -0.3 is 34.9 Å². The van der Waals surface area contributed by atoms with E-state index in [4.69, 9.17) is 25.1 Å². The zero-order valence-corrected chi connectivity index (χ0v) is 8.69. The molecule has 0 saturated carbocycles. The summed E-state index contributed by atoms with van der Waals surface area (Å²) in [6, 6.07) is 0. The lowest BCUT2D eigenvalue weighted by Gasteiger charge is -2.30. The molecule has 0 fully saturated rings. The van der Waals surface area contributed by atoms with E-state index < -0.39 is 44.4 Å². The van der Waals surface area contributed by atoms with Crippen LogP contribution in [0.3, 0.4) is 0 Å². The molecule has 0 aromatic carbocycles. The Morgan fingerprint density at radius 1 is 1.31 bits per heavy atom. The number of rotatable bonds is 3. The maximum absolute atomic E-state index is 10.3.